The number of carbonyl (C=O) groups is 1. The highest BCUT2D eigenvalue weighted by atomic mass is 16.3. The maximum Gasteiger partial charge on any atom is 0.228 e. The number of nitrogens with two attached hydrogens (primary N) is 1. The van der Waals surface area contributed by atoms with Gasteiger partial charge in [-0.1, -0.05) is 19.9 Å². The third kappa shape index (κ3) is 4.04. The number of phenols is 1. The third-order valence-corrected chi connectivity index (χ3v) is 2.89. The topological polar surface area (TPSA) is 75.4 Å². The molecular formula is C14H22N2O2. The molecule has 4 nitrogen and oxygen atoms in total. The molecule has 1 amide bonds. The molecule has 0 heterocycles. The zero-order valence-corrected chi connectivity index (χ0v) is 11.2. The highest BCUT2D eigenvalue weighted by Crippen LogP contribution is 2.22. The first kappa shape index (κ1) is 14.5. The number of phenolic OH excluding ortho intramolecular Hbond substituents is 1. The molecule has 1 aromatic carbocycles. The summed E-state index contributed by atoms with van der Waals surface area (Å²) in [6, 6.07) is 5.09. The lowest BCUT2D eigenvalue weighted by atomic mass is 9.96. The van der Waals surface area contributed by atoms with Gasteiger partial charge in [-0.05, 0) is 30.9 Å². The van der Waals surface area contributed by atoms with Crippen molar-refractivity contribution in [2.24, 2.45) is 17.6 Å². The molecule has 4 N–H and O–H groups in total. The summed E-state index contributed by atoms with van der Waals surface area (Å²) in [6.07, 6.45) is 0.764. The van der Waals surface area contributed by atoms with E-state index >= 15 is 0 Å². The van der Waals surface area contributed by atoms with Crippen molar-refractivity contribution in [2.45, 2.75) is 27.2 Å². The van der Waals surface area contributed by atoms with E-state index < -0.39 is 0 Å². The Bertz CT molecular complexity index is 416. The highest BCUT2D eigenvalue weighted by Gasteiger charge is 2.18. The van der Waals surface area contributed by atoms with Gasteiger partial charge in [-0.15, -0.1) is 0 Å². The summed E-state index contributed by atoms with van der Waals surface area (Å²) in [5.41, 5.74) is 7.00. The summed E-state index contributed by atoms with van der Waals surface area (Å²) in [4.78, 5) is 12.0. The molecule has 0 aliphatic carbocycles. The van der Waals surface area contributed by atoms with Gasteiger partial charge in [0.05, 0.1) is 5.92 Å². The molecule has 0 radical (unpaired) electrons. The van der Waals surface area contributed by atoms with E-state index in [2.05, 4.69) is 19.2 Å². The maximum absolute atomic E-state index is 12.0. The van der Waals surface area contributed by atoms with Gasteiger partial charge in [0.15, 0.2) is 0 Å². The van der Waals surface area contributed by atoms with Gasteiger partial charge in [-0.25, -0.2) is 0 Å². The second kappa shape index (κ2) is 6.40. The van der Waals surface area contributed by atoms with Crippen molar-refractivity contribution < 1.29 is 9.90 Å². The molecular weight excluding hydrogens is 228 g/mol. The second-order valence-electron chi connectivity index (χ2n) is 5.05. The fraction of sp³-hybridized carbons (Fsp3) is 0.500. The van der Waals surface area contributed by atoms with E-state index in [1.807, 2.05) is 6.92 Å². The van der Waals surface area contributed by atoms with Crippen molar-refractivity contribution in [1.82, 2.24) is 0 Å². The number of hydrogen-bond donors (Lipinski definition) is 3. The van der Waals surface area contributed by atoms with Crippen LogP contribution in [0, 0.1) is 18.8 Å². The molecule has 4 heteroatoms. The van der Waals surface area contributed by atoms with Gasteiger partial charge >= 0.3 is 0 Å². The Balaban J connectivity index is 2.70. The summed E-state index contributed by atoms with van der Waals surface area (Å²) in [5, 5.41) is 12.4. The van der Waals surface area contributed by atoms with Crippen LogP contribution in [0.2, 0.25) is 0 Å². The minimum absolute atomic E-state index is 0.0885. The van der Waals surface area contributed by atoms with E-state index in [4.69, 9.17) is 5.73 Å². The molecule has 100 valence electrons. The second-order valence-corrected chi connectivity index (χ2v) is 5.05. The molecule has 0 aromatic heterocycles. The van der Waals surface area contributed by atoms with Crippen LogP contribution in [0.4, 0.5) is 5.69 Å². The van der Waals surface area contributed by atoms with Crippen LogP contribution in [0.25, 0.3) is 0 Å². The fourth-order valence-corrected chi connectivity index (χ4v) is 1.81. The van der Waals surface area contributed by atoms with Crippen molar-refractivity contribution in [2.75, 3.05) is 11.9 Å². The first-order chi connectivity index (χ1) is 8.43. The smallest absolute Gasteiger partial charge is 0.228 e. The Morgan fingerprint density at radius 3 is 2.61 bits per heavy atom. The predicted octanol–water partition coefficient (Wildman–Crippen LogP) is 2.26. The van der Waals surface area contributed by atoms with Gasteiger partial charge in [0.25, 0.3) is 0 Å². The number of rotatable bonds is 5. The Labute approximate surface area is 108 Å². The first-order valence-corrected chi connectivity index (χ1v) is 6.24. The van der Waals surface area contributed by atoms with Gasteiger partial charge in [0, 0.05) is 18.3 Å². The van der Waals surface area contributed by atoms with Crippen LogP contribution in [0.15, 0.2) is 18.2 Å². The van der Waals surface area contributed by atoms with Crippen LogP contribution in [0.1, 0.15) is 25.8 Å². The van der Waals surface area contributed by atoms with E-state index in [-0.39, 0.29) is 17.6 Å². The molecule has 0 bridgehead atoms. The van der Waals surface area contributed by atoms with E-state index in [1.54, 1.807) is 18.2 Å². The lowest BCUT2D eigenvalue weighted by molar-refractivity contribution is -0.120. The molecule has 1 aromatic rings. The number of benzene rings is 1. The van der Waals surface area contributed by atoms with Crippen LogP contribution in [0.5, 0.6) is 5.75 Å². The highest BCUT2D eigenvalue weighted by molar-refractivity contribution is 5.92. The summed E-state index contributed by atoms with van der Waals surface area (Å²) in [7, 11) is 0. The van der Waals surface area contributed by atoms with Gasteiger partial charge < -0.3 is 16.2 Å². The molecule has 1 rings (SSSR count). The largest absolute Gasteiger partial charge is 0.508 e. The number of amides is 1. The molecule has 0 saturated carbocycles. The molecule has 0 fully saturated rings. The number of hydrogen-bond acceptors (Lipinski definition) is 3. The van der Waals surface area contributed by atoms with Crippen LogP contribution >= 0.6 is 0 Å². The van der Waals surface area contributed by atoms with Crippen molar-refractivity contribution in [1.29, 1.82) is 0 Å². The first-order valence-electron chi connectivity index (χ1n) is 6.24. The SMILES string of the molecule is Cc1ccc(NC(=O)C(CN)CC(C)C)cc1O. The minimum Gasteiger partial charge on any atom is -0.508 e. The third-order valence-electron chi connectivity index (χ3n) is 2.89. The van der Waals surface area contributed by atoms with Gasteiger partial charge in [-0.3, -0.25) is 4.79 Å². The standard InChI is InChI=1S/C14H22N2O2/c1-9(2)6-11(8-15)14(18)16-12-5-4-10(3)13(17)7-12/h4-5,7,9,11,17H,6,8,15H2,1-3H3,(H,16,18). The normalized spacial score (nSPS) is 12.5. The molecule has 1 unspecified atom stereocenters. The van der Waals surface area contributed by atoms with Crippen molar-refractivity contribution in [3.8, 4) is 5.75 Å². The predicted molar refractivity (Wildman–Crippen MR) is 73.5 cm³/mol. The number of carbonyl (C=O) groups excluding carboxylic acids is 1. The summed E-state index contributed by atoms with van der Waals surface area (Å²) in [5.74, 6) is 0.333. The van der Waals surface area contributed by atoms with Crippen LogP contribution in [0.3, 0.4) is 0 Å². The molecule has 18 heavy (non-hydrogen) atoms. The number of nitrogens with one attached hydrogen (secondary N) is 1. The van der Waals surface area contributed by atoms with Crippen molar-refractivity contribution >= 4 is 11.6 Å². The van der Waals surface area contributed by atoms with E-state index in [0.29, 0.717) is 18.2 Å². The van der Waals surface area contributed by atoms with Crippen LogP contribution in [-0.4, -0.2) is 17.6 Å². The number of aromatic hydroxyl groups is 1. The monoisotopic (exact) mass is 250 g/mol. The molecule has 0 spiro atoms. The lowest BCUT2D eigenvalue weighted by Crippen LogP contribution is -2.30. The Morgan fingerprint density at radius 2 is 2.11 bits per heavy atom. The fourth-order valence-electron chi connectivity index (χ4n) is 1.81. The maximum atomic E-state index is 12.0. The molecule has 0 aliphatic rings. The Morgan fingerprint density at radius 1 is 1.44 bits per heavy atom. The minimum atomic E-state index is -0.187. The zero-order chi connectivity index (χ0) is 13.7. The summed E-state index contributed by atoms with van der Waals surface area (Å²) < 4.78 is 0. The van der Waals surface area contributed by atoms with E-state index in [1.165, 1.54) is 0 Å². The van der Waals surface area contributed by atoms with Crippen molar-refractivity contribution in [3.05, 3.63) is 23.8 Å². The summed E-state index contributed by atoms with van der Waals surface area (Å²) in [6.45, 7) is 6.27. The lowest BCUT2D eigenvalue weighted by Gasteiger charge is -2.17. The van der Waals surface area contributed by atoms with Crippen molar-refractivity contribution in [3.63, 3.8) is 0 Å². The number of aryl methyl sites for hydroxylation is 1. The quantitative estimate of drug-likeness (QED) is 0.750. The molecule has 0 saturated heterocycles. The Kier molecular flexibility index (Phi) is 5.16. The average molecular weight is 250 g/mol. The van der Waals surface area contributed by atoms with E-state index in [9.17, 15) is 9.90 Å². The average Bonchev–Trinajstić information content (AvgIpc) is 2.30. The zero-order valence-electron chi connectivity index (χ0n) is 11.2. The summed E-state index contributed by atoms with van der Waals surface area (Å²) >= 11 is 0. The van der Waals surface area contributed by atoms with Crippen LogP contribution < -0.4 is 11.1 Å². The Hall–Kier alpha value is -1.55. The number of anilines is 1. The molecule has 1 atom stereocenters. The molecule has 0 aliphatic heterocycles. The van der Waals surface area contributed by atoms with Gasteiger partial charge in [0.2, 0.25) is 5.91 Å². The van der Waals surface area contributed by atoms with Gasteiger partial charge in [0.1, 0.15) is 5.75 Å². The van der Waals surface area contributed by atoms with Crippen LogP contribution in [-0.2, 0) is 4.79 Å². The van der Waals surface area contributed by atoms with Gasteiger partial charge in [-0.2, -0.15) is 0 Å². The van der Waals surface area contributed by atoms with E-state index in [0.717, 1.165) is 12.0 Å².